The van der Waals surface area contributed by atoms with Gasteiger partial charge in [-0.15, -0.1) is 11.8 Å². The van der Waals surface area contributed by atoms with Gasteiger partial charge in [0.2, 0.25) is 11.7 Å². The molecule has 7 heteroatoms. The van der Waals surface area contributed by atoms with Gasteiger partial charge in [0.15, 0.2) is 11.5 Å². The molecule has 1 N–H and O–H groups in total. The van der Waals surface area contributed by atoms with Crippen LogP contribution in [0.2, 0.25) is 0 Å². The number of aromatic hydroxyl groups is 1. The van der Waals surface area contributed by atoms with Crippen LogP contribution in [0.15, 0.2) is 36.5 Å². The summed E-state index contributed by atoms with van der Waals surface area (Å²) in [4.78, 5) is 18.7. The van der Waals surface area contributed by atoms with E-state index in [0.29, 0.717) is 24.5 Å². The maximum absolute atomic E-state index is 12.5. The largest absolute Gasteiger partial charge is 0.502 e. The standard InChI is InChI=1S/C18H20N2O4S/c1-23-14-9-12(10-15(24-2)17(14)22)18-20(16(21)6-8-25-18)11-13-5-3-4-7-19-13/h3-5,7,9-10,18,22H,6,8,11H2,1-2H3. The van der Waals surface area contributed by atoms with Crippen molar-refractivity contribution < 1.29 is 19.4 Å². The third kappa shape index (κ3) is 3.66. The zero-order chi connectivity index (χ0) is 17.8. The second-order valence-electron chi connectivity index (χ2n) is 5.59. The molecule has 0 bridgehead atoms. The molecule has 1 unspecified atom stereocenters. The summed E-state index contributed by atoms with van der Waals surface area (Å²) in [6.07, 6.45) is 2.22. The molecule has 25 heavy (non-hydrogen) atoms. The Bertz CT molecular complexity index is 729. The first-order valence-electron chi connectivity index (χ1n) is 7.90. The monoisotopic (exact) mass is 360 g/mol. The second-order valence-corrected chi connectivity index (χ2v) is 6.78. The molecule has 1 fully saturated rings. The van der Waals surface area contributed by atoms with Crippen LogP contribution in [-0.4, -0.2) is 40.9 Å². The zero-order valence-electron chi connectivity index (χ0n) is 14.1. The molecule has 1 saturated heterocycles. The predicted molar refractivity (Wildman–Crippen MR) is 95.8 cm³/mol. The highest BCUT2D eigenvalue weighted by molar-refractivity contribution is 7.99. The van der Waals surface area contributed by atoms with Crippen molar-refractivity contribution in [1.82, 2.24) is 9.88 Å². The molecule has 0 aliphatic carbocycles. The molecule has 1 aromatic heterocycles. The number of carbonyl (C=O) groups excluding carboxylic acids is 1. The number of nitrogens with zero attached hydrogens (tertiary/aromatic N) is 2. The fourth-order valence-corrected chi connectivity index (χ4v) is 4.01. The summed E-state index contributed by atoms with van der Waals surface area (Å²) in [7, 11) is 2.98. The molecule has 6 nitrogen and oxygen atoms in total. The van der Waals surface area contributed by atoms with Gasteiger partial charge in [-0.3, -0.25) is 9.78 Å². The Morgan fingerprint density at radius 3 is 2.60 bits per heavy atom. The van der Waals surface area contributed by atoms with E-state index in [9.17, 15) is 9.90 Å². The summed E-state index contributed by atoms with van der Waals surface area (Å²) < 4.78 is 10.5. The lowest BCUT2D eigenvalue weighted by molar-refractivity contribution is -0.132. The van der Waals surface area contributed by atoms with Crippen LogP contribution in [0.25, 0.3) is 0 Å². The number of phenolic OH excluding ortho intramolecular Hbond substituents is 1. The maximum Gasteiger partial charge on any atom is 0.224 e. The van der Waals surface area contributed by atoms with Crippen LogP contribution in [0.3, 0.4) is 0 Å². The van der Waals surface area contributed by atoms with E-state index < -0.39 is 0 Å². The molecule has 2 aromatic rings. The van der Waals surface area contributed by atoms with Crippen LogP contribution < -0.4 is 9.47 Å². The van der Waals surface area contributed by atoms with E-state index in [2.05, 4.69) is 4.98 Å². The molecule has 132 valence electrons. The lowest BCUT2D eigenvalue weighted by atomic mass is 10.1. The molecule has 1 aliphatic rings. The van der Waals surface area contributed by atoms with Gasteiger partial charge in [0, 0.05) is 18.4 Å². The number of phenols is 1. The van der Waals surface area contributed by atoms with Crippen molar-refractivity contribution in [1.29, 1.82) is 0 Å². The van der Waals surface area contributed by atoms with E-state index in [4.69, 9.17) is 9.47 Å². The molecular formula is C18H20N2O4S. The molecule has 1 aliphatic heterocycles. The Kier molecular flexibility index (Phi) is 5.33. The van der Waals surface area contributed by atoms with E-state index in [1.807, 2.05) is 23.1 Å². The average molecular weight is 360 g/mol. The third-order valence-corrected chi connectivity index (χ3v) is 5.32. The van der Waals surface area contributed by atoms with Gasteiger partial charge >= 0.3 is 0 Å². The first-order valence-corrected chi connectivity index (χ1v) is 8.94. The third-order valence-electron chi connectivity index (χ3n) is 4.04. The van der Waals surface area contributed by atoms with Crippen molar-refractivity contribution in [2.24, 2.45) is 0 Å². The van der Waals surface area contributed by atoms with Gasteiger partial charge in [-0.25, -0.2) is 0 Å². The molecule has 0 saturated carbocycles. The number of hydrogen-bond donors (Lipinski definition) is 1. The van der Waals surface area contributed by atoms with Gasteiger partial charge in [0.05, 0.1) is 26.5 Å². The van der Waals surface area contributed by atoms with E-state index in [1.165, 1.54) is 14.2 Å². The summed E-state index contributed by atoms with van der Waals surface area (Å²) in [6.45, 7) is 0.433. The second kappa shape index (κ2) is 7.65. The van der Waals surface area contributed by atoms with Crippen molar-refractivity contribution in [3.63, 3.8) is 0 Å². The van der Waals surface area contributed by atoms with E-state index in [1.54, 1.807) is 30.1 Å². The number of ether oxygens (including phenoxy) is 2. The van der Waals surface area contributed by atoms with Gasteiger partial charge in [0.25, 0.3) is 0 Å². The van der Waals surface area contributed by atoms with Crippen molar-refractivity contribution in [2.75, 3.05) is 20.0 Å². The van der Waals surface area contributed by atoms with Crippen LogP contribution in [0.1, 0.15) is 23.1 Å². The van der Waals surface area contributed by atoms with Gasteiger partial charge in [-0.1, -0.05) is 6.07 Å². The van der Waals surface area contributed by atoms with E-state index in [-0.39, 0.29) is 17.0 Å². The highest BCUT2D eigenvalue weighted by Crippen LogP contribution is 2.44. The summed E-state index contributed by atoms with van der Waals surface area (Å²) in [5.74, 6) is 1.43. The summed E-state index contributed by atoms with van der Waals surface area (Å²) in [5, 5.41) is 9.93. The molecule has 0 radical (unpaired) electrons. The minimum absolute atomic E-state index is 0.0443. The number of rotatable bonds is 5. The number of pyridine rings is 1. The fourth-order valence-electron chi connectivity index (χ4n) is 2.79. The van der Waals surface area contributed by atoms with Gasteiger partial charge in [-0.2, -0.15) is 0 Å². The van der Waals surface area contributed by atoms with Crippen molar-refractivity contribution in [3.05, 3.63) is 47.8 Å². The average Bonchev–Trinajstić information content (AvgIpc) is 2.64. The van der Waals surface area contributed by atoms with E-state index in [0.717, 1.165) is 17.0 Å². The lowest BCUT2D eigenvalue weighted by Gasteiger charge is -2.35. The number of benzene rings is 1. The van der Waals surface area contributed by atoms with Gasteiger partial charge < -0.3 is 19.5 Å². The normalized spacial score (nSPS) is 17.4. The molecule has 3 rings (SSSR count). The number of hydrogen-bond acceptors (Lipinski definition) is 6. The molecule has 1 amide bonds. The fraction of sp³-hybridized carbons (Fsp3) is 0.333. The SMILES string of the molecule is COc1cc(C2SCCC(=O)N2Cc2ccccn2)cc(OC)c1O. The van der Waals surface area contributed by atoms with Gasteiger partial charge in [-0.05, 0) is 29.8 Å². The molecule has 2 heterocycles. The summed E-state index contributed by atoms with van der Waals surface area (Å²) in [6, 6.07) is 9.16. The van der Waals surface area contributed by atoms with Crippen molar-refractivity contribution in [2.45, 2.75) is 18.3 Å². The Labute approximate surface area is 150 Å². The molecule has 0 spiro atoms. The number of methoxy groups -OCH3 is 2. The maximum atomic E-state index is 12.5. The summed E-state index contributed by atoms with van der Waals surface area (Å²) in [5.41, 5.74) is 1.68. The molecular weight excluding hydrogens is 340 g/mol. The number of carbonyl (C=O) groups is 1. The minimum atomic E-state index is -0.188. The van der Waals surface area contributed by atoms with Crippen LogP contribution in [-0.2, 0) is 11.3 Å². The number of aromatic nitrogens is 1. The lowest BCUT2D eigenvalue weighted by Crippen LogP contribution is -2.37. The highest BCUT2D eigenvalue weighted by atomic mass is 32.2. The Morgan fingerprint density at radius 2 is 2.00 bits per heavy atom. The topological polar surface area (TPSA) is 71.9 Å². The predicted octanol–water partition coefficient (Wildman–Crippen LogP) is 2.97. The van der Waals surface area contributed by atoms with Gasteiger partial charge in [0.1, 0.15) is 5.37 Å². The Balaban J connectivity index is 1.96. The molecule has 1 aromatic carbocycles. The Hall–Kier alpha value is -2.41. The highest BCUT2D eigenvalue weighted by Gasteiger charge is 2.31. The number of thioether (sulfide) groups is 1. The van der Waals surface area contributed by atoms with Crippen molar-refractivity contribution >= 4 is 17.7 Å². The zero-order valence-corrected chi connectivity index (χ0v) is 15.0. The van der Waals surface area contributed by atoms with Crippen molar-refractivity contribution in [3.8, 4) is 17.2 Å². The smallest absolute Gasteiger partial charge is 0.224 e. The van der Waals surface area contributed by atoms with Crippen LogP contribution in [0, 0.1) is 0 Å². The van der Waals surface area contributed by atoms with Crippen LogP contribution >= 0.6 is 11.8 Å². The Morgan fingerprint density at radius 1 is 1.28 bits per heavy atom. The minimum Gasteiger partial charge on any atom is -0.502 e. The van der Waals surface area contributed by atoms with Crippen LogP contribution in [0.4, 0.5) is 0 Å². The van der Waals surface area contributed by atoms with Crippen LogP contribution in [0.5, 0.6) is 17.2 Å². The number of amides is 1. The summed E-state index contributed by atoms with van der Waals surface area (Å²) >= 11 is 1.68. The quantitative estimate of drug-likeness (QED) is 0.884. The first kappa shape index (κ1) is 17.4. The van der Waals surface area contributed by atoms with E-state index >= 15 is 0 Å². The first-order chi connectivity index (χ1) is 12.1. The molecule has 1 atom stereocenters.